The minimum Gasteiger partial charge on any atom is -0.346 e. The van der Waals surface area contributed by atoms with Crippen LogP contribution in [0.1, 0.15) is 122 Å². The van der Waals surface area contributed by atoms with Crippen molar-refractivity contribution in [2.75, 3.05) is 13.1 Å². The van der Waals surface area contributed by atoms with Crippen LogP contribution < -0.4 is 21.3 Å². The number of carbonyl (C=O) groups is 6. The van der Waals surface area contributed by atoms with Gasteiger partial charge >= 0.3 is 0 Å². The summed E-state index contributed by atoms with van der Waals surface area (Å²) in [5.74, 6) is -3.40. The molecule has 3 aliphatic carbocycles. The largest absolute Gasteiger partial charge is 0.346 e. The van der Waals surface area contributed by atoms with Gasteiger partial charge in [-0.25, -0.2) is 4.98 Å². The summed E-state index contributed by atoms with van der Waals surface area (Å²) in [6.45, 7) is 12.2. The molecule has 4 N–H and O–H groups in total. The van der Waals surface area contributed by atoms with Crippen LogP contribution in [0, 0.1) is 28.6 Å². The molecule has 1 aliphatic heterocycles. The van der Waals surface area contributed by atoms with Crippen molar-refractivity contribution in [2.45, 2.75) is 135 Å². The highest BCUT2D eigenvalue weighted by molar-refractivity contribution is 6.38. The van der Waals surface area contributed by atoms with E-state index in [1.807, 2.05) is 13.8 Å². The SMILES string of the molecule is C=CCNC(=O)C(=O)C(CCCC)NC(=O)[C@@H]1[C@@H]2[C@H](CN1C(=O)[C@@H](NC(=O)[C@@H](NC(=O)c1cnccn1)C1CCCCC1)C1(C)CCCCC1)C2(C)C. The molecule has 4 aliphatic rings. The highest BCUT2D eigenvalue weighted by atomic mass is 16.2. The number of hydrogen-bond donors (Lipinski definition) is 4. The zero-order chi connectivity index (χ0) is 38.3. The third-order valence-electron chi connectivity index (χ3n) is 12.6. The first-order valence-electron chi connectivity index (χ1n) is 19.7. The maximum Gasteiger partial charge on any atom is 0.289 e. The summed E-state index contributed by atoms with van der Waals surface area (Å²) in [5, 5.41) is 11.5. The molecule has 1 saturated heterocycles. The number of ketones is 1. The molecule has 13 heteroatoms. The van der Waals surface area contributed by atoms with Crippen molar-refractivity contribution in [2.24, 2.45) is 28.6 Å². The van der Waals surface area contributed by atoms with Crippen molar-refractivity contribution in [3.8, 4) is 0 Å². The molecule has 0 bridgehead atoms. The summed E-state index contributed by atoms with van der Waals surface area (Å²) in [6, 6.07) is -3.72. The Balaban J connectivity index is 1.42. The molecule has 1 aromatic heterocycles. The van der Waals surface area contributed by atoms with E-state index < -0.39 is 59.0 Å². The Morgan fingerprint density at radius 2 is 1.66 bits per heavy atom. The van der Waals surface area contributed by atoms with E-state index in [0.29, 0.717) is 19.4 Å². The average molecular weight is 734 g/mol. The van der Waals surface area contributed by atoms with Gasteiger partial charge in [-0.2, -0.15) is 0 Å². The maximum absolute atomic E-state index is 15.0. The second kappa shape index (κ2) is 17.3. The normalized spacial score (nSPS) is 24.8. The second-order valence-corrected chi connectivity index (χ2v) is 16.6. The molecule has 5 amide bonds. The van der Waals surface area contributed by atoms with E-state index in [-0.39, 0.29) is 41.3 Å². The van der Waals surface area contributed by atoms with Crippen LogP contribution in [0.4, 0.5) is 0 Å². The molecule has 5 rings (SSSR count). The van der Waals surface area contributed by atoms with Gasteiger partial charge in [-0.15, -0.1) is 6.58 Å². The highest BCUT2D eigenvalue weighted by Gasteiger charge is 2.70. The Kier molecular flexibility index (Phi) is 13.1. The molecule has 290 valence electrons. The van der Waals surface area contributed by atoms with Crippen LogP contribution >= 0.6 is 0 Å². The zero-order valence-electron chi connectivity index (χ0n) is 32.0. The van der Waals surface area contributed by atoms with Crippen LogP contribution in [0.25, 0.3) is 0 Å². The first-order chi connectivity index (χ1) is 25.3. The van der Waals surface area contributed by atoms with Crippen molar-refractivity contribution < 1.29 is 28.8 Å². The lowest BCUT2D eigenvalue weighted by molar-refractivity contribution is -0.148. The predicted octanol–water partition coefficient (Wildman–Crippen LogP) is 3.64. The summed E-state index contributed by atoms with van der Waals surface area (Å²) in [5.41, 5.74) is -0.675. The lowest BCUT2D eigenvalue weighted by atomic mass is 9.69. The Labute approximate surface area is 313 Å². The number of likely N-dealkylation sites (tertiary alicyclic amines) is 1. The third-order valence-corrected chi connectivity index (χ3v) is 12.6. The van der Waals surface area contributed by atoms with Gasteiger partial charge in [0.2, 0.25) is 23.5 Å². The number of aromatic nitrogens is 2. The number of nitrogens with zero attached hydrogens (tertiary/aromatic N) is 3. The molecule has 4 fully saturated rings. The van der Waals surface area contributed by atoms with Crippen LogP contribution in [0.2, 0.25) is 0 Å². The number of piperidine rings is 1. The number of fused-ring (bicyclic) bond motifs is 1. The second-order valence-electron chi connectivity index (χ2n) is 16.6. The van der Waals surface area contributed by atoms with Crippen LogP contribution in [0.3, 0.4) is 0 Å². The van der Waals surface area contributed by atoms with Gasteiger partial charge in [0.25, 0.3) is 11.8 Å². The first kappa shape index (κ1) is 40.0. The fourth-order valence-electron chi connectivity index (χ4n) is 9.23. The van der Waals surface area contributed by atoms with Gasteiger partial charge in [0.15, 0.2) is 0 Å². The Hall–Kier alpha value is -4.16. The van der Waals surface area contributed by atoms with Crippen LogP contribution in [-0.4, -0.2) is 87.4 Å². The molecule has 53 heavy (non-hydrogen) atoms. The standard InChI is InChI=1S/C40H59N7O6/c1-6-8-17-27(32(48)37(52)43-20-7-2)44-36(51)31-29-26(39(29,3)4)24-47(31)38(53)33(40(5)18-13-10-14-19-40)46-35(50)30(25-15-11-9-12-16-25)45-34(49)28-23-41-21-22-42-28/h7,21-23,25-27,29-31,33H,2,6,8-20,24H2,1,3-5H3,(H,43,52)(H,44,51)(H,45,49)(H,46,50)/t26-,27?,29-,30-,31-,33+/m0/s1. The lowest BCUT2D eigenvalue weighted by Gasteiger charge is -2.44. The van der Waals surface area contributed by atoms with E-state index in [2.05, 4.69) is 51.7 Å². The van der Waals surface area contributed by atoms with Crippen LogP contribution in [-0.2, 0) is 24.0 Å². The average Bonchev–Trinajstić information content (AvgIpc) is 3.46. The van der Waals surface area contributed by atoms with Gasteiger partial charge in [-0.3, -0.25) is 33.8 Å². The maximum atomic E-state index is 15.0. The number of rotatable bonds is 16. The molecule has 6 atom stereocenters. The minimum absolute atomic E-state index is 0.0691. The van der Waals surface area contributed by atoms with Crippen molar-refractivity contribution in [3.05, 3.63) is 36.9 Å². The van der Waals surface area contributed by atoms with Crippen molar-refractivity contribution in [3.63, 3.8) is 0 Å². The smallest absolute Gasteiger partial charge is 0.289 e. The number of Topliss-reactive ketones (excluding diaryl/α,β-unsaturated/α-hetero) is 1. The van der Waals surface area contributed by atoms with E-state index in [4.69, 9.17) is 0 Å². The quantitative estimate of drug-likeness (QED) is 0.147. The minimum atomic E-state index is -1.04. The molecular weight excluding hydrogens is 674 g/mol. The molecule has 0 spiro atoms. The Morgan fingerprint density at radius 3 is 2.30 bits per heavy atom. The summed E-state index contributed by atoms with van der Waals surface area (Å²) in [7, 11) is 0. The van der Waals surface area contributed by atoms with E-state index >= 15 is 4.79 Å². The summed E-state index contributed by atoms with van der Waals surface area (Å²) in [6.07, 6.45) is 16.2. The monoisotopic (exact) mass is 733 g/mol. The first-order valence-corrected chi connectivity index (χ1v) is 19.7. The number of nitrogens with one attached hydrogen (secondary N) is 4. The topological polar surface area (TPSA) is 180 Å². The van der Waals surface area contributed by atoms with Crippen LogP contribution in [0.15, 0.2) is 31.2 Å². The molecule has 0 aromatic carbocycles. The Morgan fingerprint density at radius 1 is 0.962 bits per heavy atom. The van der Waals surface area contributed by atoms with E-state index in [9.17, 15) is 24.0 Å². The van der Waals surface area contributed by atoms with Gasteiger partial charge in [0.1, 0.15) is 23.8 Å². The number of amides is 5. The highest BCUT2D eigenvalue weighted by Crippen LogP contribution is 2.65. The number of unbranched alkanes of at least 4 members (excludes halogenated alkanes) is 1. The van der Waals surface area contributed by atoms with Crippen molar-refractivity contribution in [1.82, 2.24) is 36.1 Å². The fraction of sp³-hybridized carbons (Fsp3) is 0.700. The van der Waals surface area contributed by atoms with Gasteiger partial charge in [0.05, 0.1) is 12.2 Å². The molecule has 1 unspecified atom stereocenters. The van der Waals surface area contributed by atoms with Crippen molar-refractivity contribution >= 4 is 35.3 Å². The predicted molar refractivity (Wildman–Crippen MR) is 199 cm³/mol. The molecule has 13 nitrogen and oxygen atoms in total. The number of hydrogen-bond acceptors (Lipinski definition) is 8. The van der Waals surface area contributed by atoms with Gasteiger partial charge in [0, 0.05) is 25.5 Å². The summed E-state index contributed by atoms with van der Waals surface area (Å²) in [4.78, 5) is 92.9. The molecule has 1 aromatic rings. The van der Waals surface area contributed by atoms with Gasteiger partial charge < -0.3 is 26.2 Å². The zero-order valence-corrected chi connectivity index (χ0v) is 32.0. The molecule has 2 heterocycles. The molecule has 0 radical (unpaired) electrons. The Bertz CT molecular complexity index is 1520. The molecular formula is C40H59N7O6. The van der Waals surface area contributed by atoms with E-state index in [1.54, 1.807) is 4.90 Å². The van der Waals surface area contributed by atoms with Gasteiger partial charge in [-0.05, 0) is 60.7 Å². The summed E-state index contributed by atoms with van der Waals surface area (Å²) < 4.78 is 0. The fourth-order valence-corrected chi connectivity index (χ4v) is 9.23. The summed E-state index contributed by atoms with van der Waals surface area (Å²) >= 11 is 0. The van der Waals surface area contributed by atoms with E-state index in [0.717, 1.165) is 70.6 Å². The van der Waals surface area contributed by atoms with E-state index in [1.165, 1.54) is 24.7 Å². The van der Waals surface area contributed by atoms with Crippen molar-refractivity contribution in [1.29, 1.82) is 0 Å². The molecule has 3 saturated carbocycles. The number of carbonyl (C=O) groups excluding carboxylic acids is 6. The van der Waals surface area contributed by atoms with Gasteiger partial charge in [-0.1, -0.05) is 85.1 Å². The van der Waals surface area contributed by atoms with Crippen LogP contribution in [0.5, 0.6) is 0 Å². The lowest BCUT2D eigenvalue weighted by Crippen LogP contribution is -2.63. The third kappa shape index (κ3) is 8.97.